The Morgan fingerprint density at radius 2 is 1.59 bits per heavy atom. The van der Waals surface area contributed by atoms with Gasteiger partial charge in [0.1, 0.15) is 11.5 Å². The van der Waals surface area contributed by atoms with Crippen molar-refractivity contribution in [1.29, 1.82) is 0 Å². The van der Waals surface area contributed by atoms with Crippen LogP contribution in [0.5, 0.6) is 11.5 Å². The van der Waals surface area contributed by atoms with Gasteiger partial charge < -0.3 is 14.2 Å². The van der Waals surface area contributed by atoms with Gasteiger partial charge in [-0.3, -0.25) is 19.7 Å². The number of carbonyl (C=O) groups is 3. The Balaban J connectivity index is 1.59. The Hall–Kier alpha value is -3.35. The number of methoxy groups -OCH3 is 1. The van der Waals surface area contributed by atoms with E-state index in [-0.39, 0.29) is 6.42 Å². The summed E-state index contributed by atoms with van der Waals surface area (Å²) in [6, 6.07) is 15.4. The maximum Gasteiger partial charge on any atom is 0.306 e. The van der Waals surface area contributed by atoms with Crippen molar-refractivity contribution in [2.45, 2.75) is 12.8 Å². The summed E-state index contributed by atoms with van der Waals surface area (Å²) >= 11 is 0. The number of hydrogen-bond acceptors (Lipinski definition) is 6. The Kier molecular flexibility index (Phi) is 7.84. The molecule has 0 fully saturated rings. The third kappa shape index (κ3) is 7.19. The van der Waals surface area contributed by atoms with Crippen molar-refractivity contribution < 1.29 is 28.6 Å². The van der Waals surface area contributed by atoms with Gasteiger partial charge in [-0.1, -0.05) is 18.2 Å². The summed E-state index contributed by atoms with van der Waals surface area (Å²) in [6.45, 7) is -0.170. The maximum absolute atomic E-state index is 11.8. The van der Waals surface area contributed by atoms with E-state index in [1.165, 1.54) is 0 Å². The molecule has 2 rings (SSSR count). The summed E-state index contributed by atoms with van der Waals surface area (Å²) in [6.07, 6.45) is 0.547. The lowest BCUT2D eigenvalue weighted by atomic mass is 10.2. The summed E-state index contributed by atoms with van der Waals surface area (Å²) < 4.78 is 15.4. The molecular formula is C20H21NO6. The monoisotopic (exact) mass is 371 g/mol. The summed E-state index contributed by atoms with van der Waals surface area (Å²) in [4.78, 5) is 35.1. The molecule has 2 amide bonds. The molecule has 2 aromatic carbocycles. The Labute approximate surface area is 157 Å². The number of rotatable bonds is 9. The molecule has 142 valence electrons. The lowest BCUT2D eigenvalue weighted by molar-refractivity contribution is -0.148. The number of ether oxygens (including phenoxy) is 3. The molecule has 0 saturated heterocycles. The summed E-state index contributed by atoms with van der Waals surface area (Å²) in [5.41, 5.74) is 0.354. The van der Waals surface area contributed by atoms with Crippen molar-refractivity contribution in [1.82, 2.24) is 5.32 Å². The third-order valence-electron chi connectivity index (χ3n) is 3.51. The van der Waals surface area contributed by atoms with Crippen molar-refractivity contribution in [2.24, 2.45) is 0 Å². The first-order valence-corrected chi connectivity index (χ1v) is 8.40. The van der Waals surface area contributed by atoms with E-state index in [0.717, 1.165) is 5.75 Å². The number of amides is 2. The molecular weight excluding hydrogens is 350 g/mol. The largest absolute Gasteiger partial charge is 0.497 e. The predicted octanol–water partition coefficient (Wildman–Crippen LogP) is 2.35. The second-order valence-corrected chi connectivity index (χ2v) is 5.53. The lowest BCUT2D eigenvalue weighted by Gasteiger charge is -2.08. The highest BCUT2D eigenvalue weighted by Gasteiger charge is 2.12. The minimum Gasteiger partial charge on any atom is -0.497 e. The van der Waals surface area contributed by atoms with Crippen LogP contribution >= 0.6 is 0 Å². The van der Waals surface area contributed by atoms with Crippen molar-refractivity contribution in [3.05, 3.63) is 60.2 Å². The zero-order chi connectivity index (χ0) is 19.5. The van der Waals surface area contributed by atoms with Gasteiger partial charge in [0.15, 0.2) is 6.61 Å². The number of esters is 1. The number of hydrogen-bond donors (Lipinski definition) is 1. The van der Waals surface area contributed by atoms with Crippen LogP contribution in [0.4, 0.5) is 0 Å². The maximum atomic E-state index is 11.8. The van der Waals surface area contributed by atoms with Crippen molar-refractivity contribution >= 4 is 17.8 Å². The van der Waals surface area contributed by atoms with Crippen LogP contribution < -0.4 is 14.8 Å². The zero-order valence-electron chi connectivity index (χ0n) is 15.0. The standard InChI is InChI=1S/C20H21NO6/c1-25-16-9-11-17(12-10-16)26-13-5-8-19(23)27-14-18(22)21-20(24)15-6-3-2-4-7-15/h2-4,6-7,9-12H,5,8,13-14H2,1H3,(H,21,22,24). The van der Waals surface area contributed by atoms with E-state index >= 15 is 0 Å². The van der Waals surface area contributed by atoms with E-state index < -0.39 is 24.4 Å². The lowest BCUT2D eigenvalue weighted by Crippen LogP contribution is -2.34. The van der Waals surface area contributed by atoms with Crippen LogP contribution in [0.25, 0.3) is 0 Å². The summed E-state index contributed by atoms with van der Waals surface area (Å²) in [7, 11) is 1.58. The third-order valence-corrected chi connectivity index (χ3v) is 3.51. The molecule has 0 atom stereocenters. The van der Waals surface area contributed by atoms with Crippen LogP contribution in [0, 0.1) is 0 Å². The average Bonchev–Trinajstić information content (AvgIpc) is 2.70. The molecule has 2 aromatic rings. The number of benzene rings is 2. The summed E-state index contributed by atoms with van der Waals surface area (Å²) in [5, 5.41) is 2.16. The minimum absolute atomic E-state index is 0.107. The highest BCUT2D eigenvalue weighted by Crippen LogP contribution is 2.17. The Bertz CT molecular complexity index is 758. The van der Waals surface area contributed by atoms with Crippen molar-refractivity contribution in [3.63, 3.8) is 0 Å². The smallest absolute Gasteiger partial charge is 0.306 e. The second kappa shape index (κ2) is 10.6. The number of carbonyl (C=O) groups excluding carboxylic acids is 3. The fourth-order valence-corrected chi connectivity index (χ4v) is 2.12. The molecule has 7 nitrogen and oxygen atoms in total. The SMILES string of the molecule is COc1ccc(OCCCC(=O)OCC(=O)NC(=O)c2ccccc2)cc1. The van der Waals surface area contributed by atoms with Gasteiger partial charge in [-0.2, -0.15) is 0 Å². The fourth-order valence-electron chi connectivity index (χ4n) is 2.12. The van der Waals surface area contributed by atoms with E-state index in [1.54, 1.807) is 61.7 Å². The number of nitrogens with one attached hydrogen (secondary N) is 1. The second-order valence-electron chi connectivity index (χ2n) is 5.53. The number of imide groups is 1. The van der Waals surface area contributed by atoms with Crippen LogP contribution in [-0.2, 0) is 14.3 Å². The van der Waals surface area contributed by atoms with Gasteiger partial charge in [-0.15, -0.1) is 0 Å². The molecule has 0 aliphatic rings. The molecule has 0 radical (unpaired) electrons. The molecule has 7 heteroatoms. The van der Waals surface area contributed by atoms with Crippen LogP contribution in [0.1, 0.15) is 23.2 Å². The van der Waals surface area contributed by atoms with Gasteiger partial charge in [0, 0.05) is 12.0 Å². The molecule has 0 unspecified atom stereocenters. The van der Waals surface area contributed by atoms with Gasteiger partial charge >= 0.3 is 5.97 Å². The van der Waals surface area contributed by atoms with Crippen LogP contribution in [0.2, 0.25) is 0 Å². The van der Waals surface area contributed by atoms with E-state index in [4.69, 9.17) is 14.2 Å². The molecule has 0 saturated carbocycles. The van der Waals surface area contributed by atoms with Gasteiger partial charge in [-0.25, -0.2) is 0 Å². The first-order valence-electron chi connectivity index (χ1n) is 8.40. The normalized spacial score (nSPS) is 9.96. The highest BCUT2D eigenvalue weighted by atomic mass is 16.5. The Morgan fingerprint density at radius 1 is 0.926 bits per heavy atom. The fraction of sp³-hybridized carbons (Fsp3) is 0.250. The van der Waals surface area contributed by atoms with Gasteiger partial charge in [-0.05, 0) is 42.8 Å². The molecule has 1 N–H and O–H groups in total. The van der Waals surface area contributed by atoms with E-state index in [1.807, 2.05) is 0 Å². The quantitative estimate of drug-likeness (QED) is 0.537. The van der Waals surface area contributed by atoms with Gasteiger partial charge in [0.2, 0.25) is 0 Å². The molecule has 0 bridgehead atoms. The van der Waals surface area contributed by atoms with Crippen molar-refractivity contribution in [2.75, 3.05) is 20.3 Å². The highest BCUT2D eigenvalue weighted by molar-refractivity contribution is 6.05. The minimum atomic E-state index is -0.674. The van der Waals surface area contributed by atoms with Gasteiger partial charge in [0.25, 0.3) is 11.8 Å². The molecule has 0 aromatic heterocycles. The first-order chi connectivity index (χ1) is 13.1. The van der Waals surface area contributed by atoms with Crippen LogP contribution in [-0.4, -0.2) is 38.1 Å². The topological polar surface area (TPSA) is 90.9 Å². The average molecular weight is 371 g/mol. The van der Waals surface area contributed by atoms with Crippen LogP contribution in [0.15, 0.2) is 54.6 Å². The first kappa shape index (κ1) is 20.0. The molecule has 0 aliphatic carbocycles. The Morgan fingerprint density at radius 3 is 2.26 bits per heavy atom. The molecule has 0 heterocycles. The molecule has 0 aliphatic heterocycles. The zero-order valence-corrected chi connectivity index (χ0v) is 15.0. The van der Waals surface area contributed by atoms with Crippen LogP contribution in [0.3, 0.4) is 0 Å². The van der Waals surface area contributed by atoms with E-state index in [2.05, 4.69) is 5.32 Å². The molecule has 0 spiro atoms. The van der Waals surface area contributed by atoms with Crippen molar-refractivity contribution in [3.8, 4) is 11.5 Å². The predicted molar refractivity (Wildman–Crippen MR) is 97.6 cm³/mol. The summed E-state index contributed by atoms with van der Waals surface area (Å²) in [5.74, 6) is -0.343. The van der Waals surface area contributed by atoms with Gasteiger partial charge in [0.05, 0.1) is 13.7 Å². The van der Waals surface area contributed by atoms with E-state index in [0.29, 0.717) is 24.3 Å². The van der Waals surface area contributed by atoms with E-state index in [9.17, 15) is 14.4 Å². The molecule has 27 heavy (non-hydrogen) atoms.